The van der Waals surface area contributed by atoms with Crippen molar-refractivity contribution < 1.29 is 13.9 Å². The van der Waals surface area contributed by atoms with Crippen LogP contribution in [0.5, 0.6) is 0 Å². The monoisotopic (exact) mass is 225 g/mol. The minimum Gasteiger partial charge on any atom is -0.465 e. The lowest BCUT2D eigenvalue weighted by Gasteiger charge is -2.00. The number of hydrogen-bond donors (Lipinski definition) is 1. The van der Waals surface area contributed by atoms with Gasteiger partial charge in [0.1, 0.15) is 5.56 Å². The maximum absolute atomic E-state index is 13.1. The Balaban J connectivity index is 3.10. The van der Waals surface area contributed by atoms with E-state index in [9.17, 15) is 9.18 Å². The SMILES string of the molecule is COC(=O)c1cc(C#CCS)cnc1F. The number of methoxy groups -OCH3 is 1. The lowest BCUT2D eigenvalue weighted by Crippen LogP contribution is -2.06. The first kappa shape index (κ1) is 11.5. The predicted molar refractivity (Wildman–Crippen MR) is 56.3 cm³/mol. The Morgan fingerprint density at radius 3 is 3.07 bits per heavy atom. The lowest BCUT2D eigenvalue weighted by molar-refractivity contribution is 0.0594. The van der Waals surface area contributed by atoms with Gasteiger partial charge in [0.15, 0.2) is 0 Å². The molecule has 0 aliphatic carbocycles. The van der Waals surface area contributed by atoms with Crippen molar-refractivity contribution in [3.05, 3.63) is 29.3 Å². The summed E-state index contributed by atoms with van der Waals surface area (Å²) in [6, 6.07) is 1.30. The van der Waals surface area contributed by atoms with Crippen LogP contribution >= 0.6 is 12.6 Å². The summed E-state index contributed by atoms with van der Waals surface area (Å²) in [4.78, 5) is 14.5. The molecule has 78 valence electrons. The normalized spacial score (nSPS) is 9.00. The van der Waals surface area contributed by atoms with Crippen LogP contribution in [0.1, 0.15) is 15.9 Å². The molecular weight excluding hydrogens is 217 g/mol. The number of hydrogen-bond acceptors (Lipinski definition) is 4. The average Bonchev–Trinajstić information content (AvgIpc) is 2.27. The zero-order valence-corrected chi connectivity index (χ0v) is 8.85. The van der Waals surface area contributed by atoms with Crippen molar-refractivity contribution in [3.63, 3.8) is 0 Å². The molecule has 0 N–H and O–H groups in total. The van der Waals surface area contributed by atoms with Crippen LogP contribution < -0.4 is 0 Å². The smallest absolute Gasteiger partial charge is 0.342 e. The van der Waals surface area contributed by atoms with Gasteiger partial charge in [0.05, 0.1) is 12.9 Å². The van der Waals surface area contributed by atoms with E-state index in [-0.39, 0.29) is 5.56 Å². The molecule has 0 amide bonds. The summed E-state index contributed by atoms with van der Waals surface area (Å²) >= 11 is 3.90. The van der Waals surface area contributed by atoms with Crippen LogP contribution in [0.25, 0.3) is 0 Å². The van der Waals surface area contributed by atoms with E-state index in [0.717, 1.165) is 0 Å². The van der Waals surface area contributed by atoms with E-state index < -0.39 is 11.9 Å². The molecule has 0 bridgehead atoms. The number of pyridine rings is 1. The van der Waals surface area contributed by atoms with E-state index in [1.807, 2.05) is 0 Å². The van der Waals surface area contributed by atoms with Crippen LogP contribution in [-0.4, -0.2) is 23.8 Å². The number of nitrogens with zero attached hydrogens (tertiary/aromatic N) is 1. The molecule has 5 heteroatoms. The van der Waals surface area contributed by atoms with Crippen LogP contribution in [0, 0.1) is 17.8 Å². The maximum Gasteiger partial charge on any atom is 0.342 e. The number of aromatic nitrogens is 1. The first-order valence-corrected chi connectivity index (χ1v) is 4.66. The molecule has 0 aliphatic heterocycles. The molecule has 0 aromatic carbocycles. The van der Waals surface area contributed by atoms with E-state index in [0.29, 0.717) is 11.3 Å². The Hall–Kier alpha value is -1.54. The van der Waals surface area contributed by atoms with Gasteiger partial charge in [0.25, 0.3) is 0 Å². The first-order chi connectivity index (χ1) is 7.19. The molecule has 0 atom stereocenters. The van der Waals surface area contributed by atoms with Gasteiger partial charge in [0.2, 0.25) is 5.95 Å². The maximum atomic E-state index is 13.1. The number of rotatable bonds is 1. The number of halogens is 1. The molecular formula is C10H8FNO2S. The molecule has 0 saturated carbocycles. The number of ether oxygens (including phenoxy) is 1. The zero-order chi connectivity index (χ0) is 11.3. The topological polar surface area (TPSA) is 39.2 Å². The largest absolute Gasteiger partial charge is 0.465 e. The fourth-order valence-corrected chi connectivity index (χ4v) is 0.990. The highest BCUT2D eigenvalue weighted by atomic mass is 32.1. The summed E-state index contributed by atoms with van der Waals surface area (Å²) in [5.74, 6) is 4.09. The molecule has 0 spiro atoms. The molecule has 0 unspecified atom stereocenters. The van der Waals surface area contributed by atoms with Gasteiger partial charge in [-0.1, -0.05) is 11.8 Å². The molecule has 1 heterocycles. The van der Waals surface area contributed by atoms with Gasteiger partial charge in [-0.2, -0.15) is 17.0 Å². The van der Waals surface area contributed by atoms with Crippen LogP contribution in [0.15, 0.2) is 12.3 Å². The van der Waals surface area contributed by atoms with E-state index in [4.69, 9.17) is 0 Å². The summed E-state index contributed by atoms with van der Waals surface area (Å²) in [5.41, 5.74) is 0.231. The van der Waals surface area contributed by atoms with Crippen molar-refractivity contribution in [1.29, 1.82) is 0 Å². The average molecular weight is 225 g/mol. The molecule has 15 heavy (non-hydrogen) atoms. The number of thiol groups is 1. The Labute approximate surface area is 92.1 Å². The molecule has 3 nitrogen and oxygen atoms in total. The summed E-state index contributed by atoms with van der Waals surface area (Å²) in [7, 11) is 1.17. The van der Waals surface area contributed by atoms with E-state index in [1.165, 1.54) is 19.4 Å². The standard InChI is InChI=1S/C10H8FNO2S/c1-14-10(13)8-5-7(3-2-4-15)6-12-9(8)11/h5-6,15H,4H2,1H3. The van der Waals surface area contributed by atoms with Crippen LogP contribution in [0.4, 0.5) is 4.39 Å². The third-order valence-corrected chi connectivity index (χ3v) is 1.71. The summed E-state index contributed by atoms with van der Waals surface area (Å²) in [6.07, 6.45) is 1.25. The highest BCUT2D eigenvalue weighted by Gasteiger charge is 2.13. The van der Waals surface area contributed by atoms with Crippen LogP contribution in [0.3, 0.4) is 0 Å². The molecule has 1 aromatic rings. The molecule has 1 rings (SSSR count). The fraction of sp³-hybridized carbons (Fsp3) is 0.200. The van der Waals surface area contributed by atoms with Crippen molar-refractivity contribution in [1.82, 2.24) is 4.98 Å². The van der Waals surface area contributed by atoms with Gasteiger partial charge in [-0.05, 0) is 6.07 Å². The summed E-state index contributed by atoms with van der Waals surface area (Å²) < 4.78 is 17.4. The lowest BCUT2D eigenvalue weighted by atomic mass is 10.2. The number of carbonyl (C=O) groups is 1. The quantitative estimate of drug-likeness (QED) is 0.339. The third kappa shape index (κ3) is 2.96. The van der Waals surface area contributed by atoms with Crippen molar-refractivity contribution in [2.45, 2.75) is 0 Å². The summed E-state index contributed by atoms with van der Waals surface area (Å²) in [5, 5.41) is 0. The van der Waals surface area contributed by atoms with E-state index in [2.05, 4.69) is 34.2 Å². The van der Waals surface area contributed by atoms with Crippen molar-refractivity contribution >= 4 is 18.6 Å². The Bertz CT molecular complexity index is 437. The highest BCUT2D eigenvalue weighted by Crippen LogP contribution is 2.08. The van der Waals surface area contributed by atoms with Gasteiger partial charge in [-0.15, -0.1) is 0 Å². The minimum atomic E-state index is -0.863. The second kappa shape index (κ2) is 5.37. The van der Waals surface area contributed by atoms with Gasteiger partial charge in [-0.25, -0.2) is 9.78 Å². The molecule has 0 aliphatic rings. The van der Waals surface area contributed by atoms with Crippen molar-refractivity contribution in [2.75, 3.05) is 12.9 Å². The molecule has 0 radical (unpaired) electrons. The number of esters is 1. The van der Waals surface area contributed by atoms with E-state index >= 15 is 0 Å². The van der Waals surface area contributed by atoms with Gasteiger partial charge >= 0.3 is 5.97 Å². The van der Waals surface area contributed by atoms with Crippen molar-refractivity contribution in [2.24, 2.45) is 0 Å². The predicted octanol–water partition coefficient (Wildman–Crippen LogP) is 1.29. The van der Waals surface area contributed by atoms with Crippen LogP contribution in [0.2, 0.25) is 0 Å². The molecule has 0 saturated heterocycles. The molecule has 0 fully saturated rings. The fourth-order valence-electron chi connectivity index (χ4n) is 0.911. The van der Waals surface area contributed by atoms with Crippen molar-refractivity contribution in [3.8, 4) is 11.8 Å². The van der Waals surface area contributed by atoms with E-state index in [1.54, 1.807) is 0 Å². The highest BCUT2D eigenvalue weighted by molar-refractivity contribution is 7.80. The van der Waals surface area contributed by atoms with Gasteiger partial charge in [0, 0.05) is 11.8 Å². The van der Waals surface area contributed by atoms with Crippen LogP contribution in [-0.2, 0) is 4.74 Å². The Morgan fingerprint density at radius 2 is 2.47 bits per heavy atom. The first-order valence-electron chi connectivity index (χ1n) is 4.02. The third-order valence-electron chi connectivity index (χ3n) is 1.56. The second-order valence-electron chi connectivity index (χ2n) is 2.51. The Kier molecular flexibility index (Phi) is 4.13. The zero-order valence-electron chi connectivity index (χ0n) is 7.95. The minimum absolute atomic E-state index is 0.219. The van der Waals surface area contributed by atoms with Gasteiger partial charge < -0.3 is 4.74 Å². The molecule has 1 aromatic heterocycles. The number of carbonyl (C=O) groups excluding carboxylic acids is 1. The second-order valence-corrected chi connectivity index (χ2v) is 2.83. The summed E-state index contributed by atoms with van der Waals surface area (Å²) in [6.45, 7) is 0. The van der Waals surface area contributed by atoms with Gasteiger partial charge in [-0.3, -0.25) is 0 Å². The Morgan fingerprint density at radius 1 is 1.73 bits per heavy atom.